The van der Waals surface area contributed by atoms with Crippen molar-refractivity contribution in [1.29, 1.82) is 0 Å². The van der Waals surface area contributed by atoms with Crippen LogP contribution in [0.5, 0.6) is 11.8 Å². The fraction of sp³-hybridized carbons (Fsp3) is 0. The molecule has 1 aromatic carbocycles. The molecular weight excluding hydrogens is 312 g/mol. The van der Waals surface area contributed by atoms with E-state index in [9.17, 15) is 4.79 Å². The van der Waals surface area contributed by atoms with Gasteiger partial charge in [-0.1, -0.05) is 0 Å². The summed E-state index contributed by atoms with van der Waals surface area (Å²) in [5, 5.41) is 0.823. The van der Waals surface area contributed by atoms with Crippen LogP contribution in [0.4, 0.5) is 0 Å². The second-order valence-corrected chi connectivity index (χ2v) is 4.66. The Bertz CT molecular complexity index is 784. The smallest absolute Gasteiger partial charge is 0.336 e. The van der Waals surface area contributed by atoms with E-state index >= 15 is 0 Å². The number of hydrogen-bond donors (Lipinski definition) is 0. The SMILES string of the molecule is O=c1ccc2ccc(Oc3ncc(Br)cn3)cc2o1. The first-order valence-corrected chi connectivity index (χ1v) is 6.19. The fourth-order valence-corrected chi connectivity index (χ4v) is 1.77. The zero-order chi connectivity index (χ0) is 13.2. The maximum Gasteiger partial charge on any atom is 0.336 e. The minimum Gasteiger partial charge on any atom is -0.424 e. The van der Waals surface area contributed by atoms with Crippen molar-refractivity contribution in [3.05, 3.63) is 57.6 Å². The van der Waals surface area contributed by atoms with Gasteiger partial charge in [0.25, 0.3) is 0 Å². The van der Waals surface area contributed by atoms with E-state index in [1.165, 1.54) is 6.07 Å². The van der Waals surface area contributed by atoms with Gasteiger partial charge in [-0.15, -0.1) is 0 Å². The molecule has 2 aromatic heterocycles. The first-order chi connectivity index (χ1) is 9.20. The number of aromatic nitrogens is 2. The van der Waals surface area contributed by atoms with Crippen LogP contribution in [0.15, 0.2) is 56.4 Å². The van der Waals surface area contributed by atoms with E-state index < -0.39 is 5.63 Å². The van der Waals surface area contributed by atoms with Crippen molar-refractivity contribution in [2.45, 2.75) is 0 Å². The third-order valence-electron chi connectivity index (χ3n) is 2.40. The Morgan fingerprint density at radius 2 is 1.84 bits per heavy atom. The van der Waals surface area contributed by atoms with Gasteiger partial charge >= 0.3 is 11.6 Å². The highest BCUT2D eigenvalue weighted by Gasteiger charge is 2.03. The molecule has 3 rings (SSSR count). The molecule has 0 spiro atoms. The molecule has 94 valence electrons. The molecule has 0 unspecified atom stereocenters. The van der Waals surface area contributed by atoms with Crippen LogP contribution in [0.1, 0.15) is 0 Å². The zero-order valence-electron chi connectivity index (χ0n) is 9.54. The van der Waals surface area contributed by atoms with Crippen molar-refractivity contribution in [2.75, 3.05) is 0 Å². The molecule has 0 aliphatic rings. The van der Waals surface area contributed by atoms with Gasteiger partial charge in [-0.05, 0) is 34.1 Å². The molecule has 0 saturated carbocycles. The van der Waals surface area contributed by atoms with E-state index in [0.29, 0.717) is 11.3 Å². The monoisotopic (exact) mass is 318 g/mol. The van der Waals surface area contributed by atoms with Crippen LogP contribution in [0, 0.1) is 0 Å². The summed E-state index contributed by atoms with van der Waals surface area (Å²) in [5.74, 6) is 0.504. The maximum atomic E-state index is 11.2. The van der Waals surface area contributed by atoms with Gasteiger partial charge in [-0.2, -0.15) is 0 Å². The number of halogens is 1. The van der Waals surface area contributed by atoms with E-state index in [1.54, 1.807) is 36.7 Å². The lowest BCUT2D eigenvalue weighted by Gasteiger charge is -2.04. The van der Waals surface area contributed by atoms with E-state index in [2.05, 4.69) is 25.9 Å². The quantitative estimate of drug-likeness (QED) is 0.679. The van der Waals surface area contributed by atoms with E-state index in [-0.39, 0.29) is 6.01 Å². The number of fused-ring (bicyclic) bond motifs is 1. The Hall–Kier alpha value is -2.21. The lowest BCUT2D eigenvalue weighted by atomic mass is 10.2. The Labute approximate surface area is 116 Å². The number of hydrogen-bond acceptors (Lipinski definition) is 5. The molecule has 0 fully saturated rings. The first kappa shape index (κ1) is 11.9. The first-order valence-electron chi connectivity index (χ1n) is 5.40. The Morgan fingerprint density at radius 3 is 2.63 bits per heavy atom. The molecule has 0 atom stereocenters. The lowest BCUT2D eigenvalue weighted by molar-refractivity contribution is 0.440. The summed E-state index contributed by atoms with van der Waals surface area (Å²) in [6, 6.07) is 8.48. The molecule has 0 saturated heterocycles. The van der Waals surface area contributed by atoms with Crippen LogP contribution >= 0.6 is 15.9 Å². The highest BCUT2D eigenvalue weighted by molar-refractivity contribution is 9.10. The average molecular weight is 319 g/mol. The van der Waals surface area contributed by atoms with Crippen LogP contribution in [-0.4, -0.2) is 9.97 Å². The van der Waals surface area contributed by atoms with E-state index in [0.717, 1.165) is 9.86 Å². The predicted molar refractivity (Wildman–Crippen MR) is 72.3 cm³/mol. The number of rotatable bonds is 2. The maximum absolute atomic E-state index is 11.2. The molecule has 0 aliphatic heterocycles. The van der Waals surface area contributed by atoms with Gasteiger partial charge in [0.1, 0.15) is 11.3 Å². The van der Waals surface area contributed by atoms with Gasteiger partial charge in [0.05, 0.1) is 4.47 Å². The van der Waals surface area contributed by atoms with Crippen molar-refractivity contribution < 1.29 is 9.15 Å². The average Bonchev–Trinajstić information content (AvgIpc) is 2.41. The van der Waals surface area contributed by atoms with Crippen LogP contribution in [0.2, 0.25) is 0 Å². The van der Waals surface area contributed by atoms with E-state index in [1.807, 2.05) is 0 Å². The summed E-state index contributed by atoms with van der Waals surface area (Å²) in [4.78, 5) is 19.2. The molecule has 0 amide bonds. The summed E-state index contributed by atoms with van der Waals surface area (Å²) in [5.41, 5.74) is 0.0617. The van der Waals surface area contributed by atoms with Crippen LogP contribution in [0.3, 0.4) is 0 Å². The van der Waals surface area contributed by atoms with Gasteiger partial charge in [0.15, 0.2) is 0 Å². The van der Waals surface area contributed by atoms with E-state index in [4.69, 9.17) is 9.15 Å². The highest BCUT2D eigenvalue weighted by atomic mass is 79.9. The molecule has 0 bridgehead atoms. The van der Waals surface area contributed by atoms with Gasteiger partial charge in [0, 0.05) is 29.9 Å². The lowest BCUT2D eigenvalue weighted by Crippen LogP contribution is -1.95. The van der Waals surface area contributed by atoms with Gasteiger partial charge < -0.3 is 9.15 Å². The number of benzene rings is 1. The van der Waals surface area contributed by atoms with Crippen LogP contribution in [-0.2, 0) is 0 Å². The second-order valence-electron chi connectivity index (χ2n) is 3.74. The third kappa shape index (κ3) is 2.63. The molecule has 0 aliphatic carbocycles. The molecule has 0 N–H and O–H groups in total. The Kier molecular flexibility index (Phi) is 3.00. The minimum atomic E-state index is -0.399. The standard InChI is InChI=1S/C13H7BrN2O3/c14-9-6-15-13(16-7-9)18-10-3-1-8-2-4-12(17)19-11(8)5-10/h1-7H. The van der Waals surface area contributed by atoms with Crippen molar-refractivity contribution in [1.82, 2.24) is 9.97 Å². The fourth-order valence-electron chi connectivity index (χ4n) is 1.56. The van der Waals surface area contributed by atoms with Gasteiger partial charge in [-0.25, -0.2) is 14.8 Å². The zero-order valence-corrected chi connectivity index (χ0v) is 11.1. The molecule has 5 nitrogen and oxygen atoms in total. The Balaban J connectivity index is 1.96. The van der Waals surface area contributed by atoms with Gasteiger partial charge in [-0.3, -0.25) is 0 Å². The minimum absolute atomic E-state index is 0.223. The summed E-state index contributed by atoms with van der Waals surface area (Å²) >= 11 is 3.24. The van der Waals surface area contributed by atoms with Crippen LogP contribution < -0.4 is 10.4 Å². The van der Waals surface area contributed by atoms with Gasteiger partial charge in [0.2, 0.25) is 0 Å². The number of ether oxygens (including phenoxy) is 1. The summed E-state index contributed by atoms with van der Waals surface area (Å²) in [6.07, 6.45) is 3.17. The molecule has 0 radical (unpaired) electrons. The topological polar surface area (TPSA) is 65.2 Å². The summed E-state index contributed by atoms with van der Waals surface area (Å²) in [6.45, 7) is 0. The normalized spacial score (nSPS) is 10.6. The van der Waals surface area contributed by atoms with Crippen molar-refractivity contribution in [3.63, 3.8) is 0 Å². The molecule has 19 heavy (non-hydrogen) atoms. The summed E-state index contributed by atoms with van der Waals surface area (Å²) in [7, 11) is 0. The number of nitrogens with zero attached hydrogens (tertiary/aromatic N) is 2. The summed E-state index contributed by atoms with van der Waals surface area (Å²) < 4.78 is 11.3. The second kappa shape index (κ2) is 4.81. The molecular formula is C13H7BrN2O3. The van der Waals surface area contributed by atoms with Crippen molar-refractivity contribution >= 4 is 26.9 Å². The highest BCUT2D eigenvalue weighted by Crippen LogP contribution is 2.23. The molecule has 2 heterocycles. The largest absolute Gasteiger partial charge is 0.424 e. The molecule has 3 aromatic rings. The van der Waals surface area contributed by atoms with Crippen molar-refractivity contribution in [3.8, 4) is 11.8 Å². The Morgan fingerprint density at radius 1 is 1.11 bits per heavy atom. The van der Waals surface area contributed by atoms with Crippen molar-refractivity contribution in [2.24, 2.45) is 0 Å². The predicted octanol–water partition coefficient (Wildman–Crippen LogP) is 3.14. The third-order valence-corrected chi connectivity index (χ3v) is 2.81. The molecule has 6 heteroatoms. The van der Waals surface area contributed by atoms with Crippen LogP contribution in [0.25, 0.3) is 11.0 Å².